The zero-order valence-electron chi connectivity index (χ0n) is 12.6. The average molecular weight is 346 g/mol. The summed E-state index contributed by atoms with van der Waals surface area (Å²) >= 11 is 3.53. The van der Waals surface area contributed by atoms with E-state index in [-0.39, 0.29) is 6.10 Å². The Morgan fingerprint density at radius 2 is 1.95 bits per heavy atom. The first-order chi connectivity index (χ1) is 9.49. The predicted octanol–water partition coefficient (Wildman–Crippen LogP) is 2.96. The molecule has 1 atom stereocenters. The fraction of sp³-hybridized carbons (Fsp3) is 0.600. The van der Waals surface area contributed by atoms with Gasteiger partial charge in [0.2, 0.25) is 0 Å². The van der Waals surface area contributed by atoms with Crippen molar-refractivity contribution in [2.75, 3.05) is 20.8 Å². The fourth-order valence-electron chi connectivity index (χ4n) is 1.86. The molecule has 2 N–H and O–H groups in total. The zero-order valence-corrected chi connectivity index (χ0v) is 14.2. The van der Waals surface area contributed by atoms with Crippen molar-refractivity contribution in [2.45, 2.75) is 32.9 Å². The van der Waals surface area contributed by atoms with E-state index in [0.29, 0.717) is 12.5 Å². The minimum absolute atomic E-state index is 0.260. The number of methoxy groups -OCH3 is 2. The zero-order chi connectivity index (χ0) is 15.1. The molecular formula is C15H24BrNO3. The lowest BCUT2D eigenvalue weighted by molar-refractivity contribution is 0.116. The molecule has 0 aliphatic rings. The lowest BCUT2D eigenvalue weighted by Crippen LogP contribution is -2.23. The Hall–Kier alpha value is -0.780. The van der Waals surface area contributed by atoms with Crippen LogP contribution in [0.2, 0.25) is 0 Å². The first-order valence-corrected chi connectivity index (χ1v) is 7.58. The van der Waals surface area contributed by atoms with Gasteiger partial charge in [0, 0.05) is 22.6 Å². The summed E-state index contributed by atoms with van der Waals surface area (Å²) in [5, 5.41) is 13.1. The van der Waals surface area contributed by atoms with E-state index < -0.39 is 0 Å². The van der Waals surface area contributed by atoms with Gasteiger partial charge in [0.15, 0.2) is 0 Å². The Labute approximate surface area is 129 Å². The normalized spacial score (nSPS) is 12.6. The van der Waals surface area contributed by atoms with Crippen molar-refractivity contribution in [3.63, 3.8) is 0 Å². The monoisotopic (exact) mass is 345 g/mol. The van der Waals surface area contributed by atoms with Gasteiger partial charge in [-0.2, -0.15) is 0 Å². The number of halogens is 1. The van der Waals surface area contributed by atoms with Gasteiger partial charge in [0.25, 0.3) is 0 Å². The number of nitrogens with one attached hydrogen (secondary N) is 1. The molecule has 0 aliphatic heterocycles. The Bertz CT molecular complexity index is 424. The molecule has 1 unspecified atom stereocenters. The summed E-state index contributed by atoms with van der Waals surface area (Å²) in [6.07, 6.45) is 0.483. The van der Waals surface area contributed by atoms with Crippen molar-refractivity contribution in [1.82, 2.24) is 5.32 Å². The van der Waals surface area contributed by atoms with Gasteiger partial charge in [-0.3, -0.25) is 0 Å². The van der Waals surface area contributed by atoms with Crippen molar-refractivity contribution in [2.24, 2.45) is 5.92 Å². The second-order valence-corrected chi connectivity index (χ2v) is 5.92. The molecule has 20 heavy (non-hydrogen) atoms. The maximum absolute atomic E-state index is 9.76. The highest BCUT2D eigenvalue weighted by Gasteiger charge is 2.11. The molecule has 0 amide bonds. The van der Waals surface area contributed by atoms with E-state index in [1.807, 2.05) is 26.0 Å². The van der Waals surface area contributed by atoms with Gasteiger partial charge in [-0.15, -0.1) is 0 Å². The number of hydrogen-bond donors (Lipinski definition) is 2. The number of hydrogen-bond acceptors (Lipinski definition) is 4. The van der Waals surface area contributed by atoms with Crippen LogP contribution in [0, 0.1) is 5.92 Å². The molecule has 0 fully saturated rings. The molecule has 1 aromatic rings. The molecule has 0 radical (unpaired) electrons. The molecule has 0 heterocycles. The lowest BCUT2D eigenvalue weighted by atomic mass is 10.0. The minimum atomic E-state index is -0.260. The van der Waals surface area contributed by atoms with Gasteiger partial charge in [-0.1, -0.05) is 29.8 Å². The summed E-state index contributed by atoms with van der Waals surface area (Å²) in [5.41, 5.74) is 1.05. The molecule has 0 aromatic heterocycles. The van der Waals surface area contributed by atoms with Crippen LogP contribution in [0.4, 0.5) is 0 Å². The summed E-state index contributed by atoms with van der Waals surface area (Å²) in [6, 6.07) is 3.78. The van der Waals surface area contributed by atoms with Crippen LogP contribution in [-0.4, -0.2) is 32.0 Å². The van der Waals surface area contributed by atoms with Crippen molar-refractivity contribution in [3.05, 3.63) is 22.2 Å². The van der Waals surface area contributed by atoms with Crippen molar-refractivity contribution < 1.29 is 14.6 Å². The second-order valence-electron chi connectivity index (χ2n) is 5.07. The molecule has 0 spiro atoms. The predicted molar refractivity (Wildman–Crippen MR) is 84.4 cm³/mol. The molecule has 0 saturated carbocycles. The van der Waals surface area contributed by atoms with Gasteiger partial charge in [0.05, 0.1) is 20.3 Å². The molecular weight excluding hydrogens is 322 g/mol. The molecule has 1 aromatic carbocycles. The van der Waals surface area contributed by atoms with E-state index in [0.717, 1.165) is 34.5 Å². The van der Waals surface area contributed by atoms with E-state index in [1.54, 1.807) is 14.2 Å². The Kier molecular flexibility index (Phi) is 7.34. The summed E-state index contributed by atoms with van der Waals surface area (Å²) in [5.74, 6) is 1.83. The van der Waals surface area contributed by atoms with Gasteiger partial charge in [-0.25, -0.2) is 0 Å². The van der Waals surface area contributed by atoms with E-state index in [9.17, 15) is 5.11 Å². The molecule has 0 bridgehead atoms. The maximum Gasteiger partial charge on any atom is 0.128 e. The average Bonchev–Trinajstić information content (AvgIpc) is 2.43. The lowest BCUT2D eigenvalue weighted by Gasteiger charge is -2.16. The van der Waals surface area contributed by atoms with Crippen LogP contribution < -0.4 is 14.8 Å². The van der Waals surface area contributed by atoms with Crippen LogP contribution in [0.3, 0.4) is 0 Å². The number of benzene rings is 1. The van der Waals surface area contributed by atoms with Crippen LogP contribution in [0.15, 0.2) is 16.6 Å². The largest absolute Gasteiger partial charge is 0.497 e. The third-order valence-electron chi connectivity index (χ3n) is 3.27. The van der Waals surface area contributed by atoms with Crippen molar-refractivity contribution in [1.29, 1.82) is 0 Å². The highest BCUT2D eigenvalue weighted by Crippen LogP contribution is 2.32. The number of aliphatic hydroxyl groups excluding tert-OH is 1. The number of rotatable bonds is 8. The second kappa shape index (κ2) is 8.49. The highest BCUT2D eigenvalue weighted by molar-refractivity contribution is 9.10. The minimum Gasteiger partial charge on any atom is -0.497 e. The first-order valence-electron chi connectivity index (χ1n) is 6.78. The van der Waals surface area contributed by atoms with Crippen molar-refractivity contribution in [3.8, 4) is 11.5 Å². The highest BCUT2D eigenvalue weighted by atomic mass is 79.9. The smallest absolute Gasteiger partial charge is 0.128 e. The molecule has 1 rings (SSSR count). The van der Waals surface area contributed by atoms with E-state index in [4.69, 9.17) is 9.47 Å². The molecule has 0 aliphatic carbocycles. The molecule has 114 valence electrons. The van der Waals surface area contributed by atoms with Crippen LogP contribution in [-0.2, 0) is 6.54 Å². The number of aliphatic hydroxyl groups is 1. The van der Waals surface area contributed by atoms with E-state index in [1.165, 1.54) is 0 Å². The fourth-order valence-corrected chi connectivity index (χ4v) is 2.42. The quantitative estimate of drug-likeness (QED) is 0.711. The molecule has 0 saturated heterocycles. The van der Waals surface area contributed by atoms with Gasteiger partial charge in [-0.05, 0) is 24.9 Å². The summed E-state index contributed by atoms with van der Waals surface area (Å²) < 4.78 is 11.5. The van der Waals surface area contributed by atoms with Crippen LogP contribution in [0.5, 0.6) is 11.5 Å². The Morgan fingerprint density at radius 1 is 1.25 bits per heavy atom. The maximum atomic E-state index is 9.76. The first kappa shape index (κ1) is 17.3. The summed E-state index contributed by atoms with van der Waals surface area (Å²) in [7, 11) is 3.28. The number of ether oxygens (including phenoxy) is 2. The summed E-state index contributed by atoms with van der Waals surface area (Å²) in [4.78, 5) is 0. The van der Waals surface area contributed by atoms with Gasteiger partial charge in [0.1, 0.15) is 11.5 Å². The van der Waals surface area contributed by atoms with Crippen molar-refractivity contribution >= 4 is 15.9 Å². The third-order valence-corrected chi connectivity index (χ3v) is 3.98. The Balaban J connectivity index is 2.59. The topological polar surface area (TPSA) is 50.7 Å². The Morgan fingerprint density at radius 3 is 2.50 bits per heavy atom. The summed E-state index contributed by atoms with van der Waals surface area (Å²) in [6.45, 7) is 5.49. The van der Waals surface area contributed by atoms with Crippen LogP contribution >= 0.6 is 15.9 Å². The van der Waals surface area contributed by atoms with E-state index >= 15 is 0 Å². The van der Waals surface area contributed by atoms with E-state index in [2.05, 4.69) is 21.2 Å². The molecule has 4 nitrogen and oxygen atoms in total. The van der Waals surface area contributed by atoms with Crippen LogP contribution in [0.1, 0.15) is 25.8 Å². The molecule has 5 heteroatoms. The van der Waals surface area contributed by atoms with Crippen LogP contribution in [0.25, 0.3) is 0 Å². The SMILES string of the molecule is COc1cc(Br)c(CNCCC(O)C(C)C)c(OC)c1. The van der Waals surface area contributed by atoms with Gasteiger partial charge < -0.3 is 19.9 Å². The standard InChI is InChI=1S/C15H24BrNO3/c1-10(2)14(18)5-6-17-9-12-13(16)7-11(19-3)8-15(12)20-4/h7-8,10,14,17-18H,5-6,9H2,1-4H3. The van der Waals surface area contributed by atoms with Gasteiger partial charge >= 0.3 is 0 Å². The third kappa shape index (κ3) is 4.96.